The minimum absolute atomic E-state index is 0.255. The number of rotatable bonds is 4. The van der Waals surface area contributed by atoms with Gasteiger partial charge in [0.05, 0.1) is 19.9 Å². The zero-order valence-corrected chi connectivity index (χ0v) is 20.0. The average molecular weight is 436 g/mol. The number of aryl methyl sites for hydroxylation is 4. The molecule has 0 aromatic heterocycles. The number of ketones is 1. The van der Waals surface area contributed by atoms with Crippen LogP contribution in [0, 0.1) is 33.6 Å². The van der Waals surface area contributed by atoms with Crippen LogP contribution in [0.25, 0.3) is 6.08 Å². The largest absolute Gasteiger partial charge is 0.497 e. The van der Waals surface area contributed by atoms with Crippen LogP contribution < -0.4 is 9.47 Å². The van der Waals surface area contributed by atoms with Crippen LogP contribution in [-0.4, -0.2) is 44.3 Å². The quantitative estimate of drug-likeness (QED) is 0.496. The topological polar surface area (TPSA) is 55.8 Å². The van der Waals surface area contributed by atoms with Crippen molar-refractivity contribution in [3.8, 4) is 11.5 Å². The van der Waals surface area contributed by atoms with Crippen LogP contribution in [0.15, 0.2) is 30.0 Å². The van der Waals surface area contributed by atoms with Gasteiger partial charge in [0.15, 0.2) is 12.1 Å². The molecule has 0 aliphatic carbocycles. The highest BCUT2D eigenvalue weighted by Crippen LogP contribution is 2.34. The zero-order valence-electron chi connectivity index (χ0n) is 20.0. The minimum atomic E-state index is 0.255. The van der Waals surface area contributed by atoms with E-state index in [2.05, 4.69) is 24.8 Å². The molecule has 5 heteroatoms. The van der Waals surface area contributed by atoms with Crippen LogP contribution in [-0.2, 0) is 4.79 Å². The first-order valence-corrected chi connectivity index (χ1v) is 11.1. The zero-order chi connectivity index (χ0) is 23.4. The number of hydrogen-bond donors (Lipinski definition) is 0. The molecule has 0 amide bonds. The highest BCUT2D eigenvalue weighted by Gasteiger charge is 2.36. The summed E-state index contributed by atoms with van der Waals surface area (Å²) < 4.78 is 10.4. The SMILES string of the molecule is COc1cc(C)c(C=C2C(=O)C3CCN2CC3)c(C)c1.COc1cc(C)c(C=O)c(C)c1. The van der Waals surface area contributed by atoms with Crippen molar-refractivity contribution in [1.29, 1.82) is 0 Å². The molecule has 3 fully saturated rings. The van der Waals surface area contributed by atoms with Crippen LogP contribution in [0.2, 0.25) is 0 Å². The van der Waals surface area contributed by atoms with Gasteiger partial charge in [0, 0.05) is 24.6 Å². The molecule has 170 valence electrons. The maximum atomic E-state index is 12.4. The van der Waals surface area contributed by atoms with Crippen LogP contribution >= 0.6 is 0 Å². The Labute approximate surface area is 191 Å². The van der Waals surface area contributed by atoms with E-state index in [4.69, 9.17) is 9.47 Å². The van der Waals surface area contributed by atoms with E-state index in [1.165, 1.54) is 0 Å². The van der Waals surface area contributed by atoms with Crippen molar-refractivity contribution < 1.29 is 19.1 Å². The van der Waals surface area contributed by atoms with Gasteiger partial charge in [0.1, 0.15) is 11.5 Å². The number of aldehydes is 1. The molecule has 5 rings (SSSR count). The average Bonchev–Trinajstić information content (AvgIpc) is 2.78. The van der Waals surface area contributed by atoms with Crippen molar-refractivity contribution in [2.75, 3.05) is 27.3 Å². The Balaban J connectivity index is 0.000000207. The van der Waals surface area contributed by atoms with E-state index in [9.17, 15) is 9.59 Å². The van der Waals surface area contributed by atoms with Gasteiger partial charge in [0.25, 0.3) is 0 Å². The highest BCUT2D eigenvalue weighted by molar-refractivity contribution is 6.02. The third-order valence-electron chi connectivity index (χ3n) is 6.46. The number of fused-ring (bicyclic) bond motifs is 3. The van der Waals surface area contributed by atoms with Gasteiger partial charge in [-0.2, -0.15) is 0 Å². The molecule has 0 atom stereocenters. The van der Waals surface area contributed by atoms with E-state index >= 15 is 0 Å². The maximum Gasteiger partial charge on any atom is 0.182 e. The molecule has 0 spiro atoms. The molecule has 3 aliphatic heterocycles. The van der Waals surface area contributed by atoms with Gasteiger partial charge in [-0.05, 0) is 98.7 Å². The summed E-state index contributed by atoms with van der Waals surface area (Å²) >= 11 is 0. The number of piperidine rings is 3. The standard InChI is InChI=1S/C17H21NO2.C10H12O2/c1-11-8-14(20-3)9-12(2)15(11)10-16-17(19)13-4-6-18(16)7-5-13;1-7-4-9(12-3)5-8(2)10(7)6-11/h8-10,13H,4-7H2,1-3H3;4-6H,1-3H3. The number of ether oxygens (including phenoxy) is 2. The number of Topliss-reactive ketones (excluding diaryl/α,β-unsaturated/α-hetero) is 1. The Hall–Kier alpha value is -3.08. The predicted octanol–water partition coefficient (Wildman–Crippen LogP) is 5.07. The van der Waals surface area contributed by atoms with Crippen molar-refractivity contribution in [2.45, 2.75) is 40.5 Å². The Morgan fingerprint density at radius 2 is 1.25 bits per heavy atom. The van der Waals surface area contributed by atoms with Gasteiger partial charge in [-0.3, -0.25) is 9.59 Å². The summed E-state index contributed by atoms with van der Waals surface area (Å²) in [6.45, 7) is 10.00. The molecule has 0 unspecified atom stereocenters. The second kappa shape index (κ2) is 10.0. The van der Waals surface area contributed by atoms with Crippen LogP contribution in [0.5, 0.6) is 11.5 Å². The number of carbonyl (C=O) groups is 2. The molecule has 2 aromatic carbocycles. The Morgan fingerprint density at radius 3 is 1.62 bits per heavy atom. The van der Waals surface area contributed by atoms with Crippen molar-refractivity contribution in [1.82, 2.24) is 4.90 Å². The second-order valence-corrected chi connectivity index (χ2v) is 8.62. The fourth-order valence-corrected chi connectivity index (χ4v) is 4.57. The Kier molecular flexibility index (Phi) is 7.39. The molecule has 3 saturated heterocycles. The smallest absolute Gasteiger partial charge is 0.182 e. The molecule has 3 aliphatic rings. The maximum absolute atomic E-state index is 12.4. The first-order valence-electron chi connectivity index (χ1n) is 11.1. The molecule has 3 heterocycles. The summed E-state index contributed by atoms with van der Waals surface area (Å²) in [4.78, 5) is 25.3. The van der Waals surface area contributed by atoms with Crippen LogP contribution in [0.1, 0.15) is 51.0 Å². The third kappa shape index (κ3) is 4.87. The molecular weight excluding hydrogens is 402 g/mol. The fraction of sp³-hybridized carbons (Fsp3) is 0.407. The molecule has 0 N–H and O–H groups in total. The summed E-state index contributed by atoms with van der Waals surface area (Å²) in [5.74, 6) is 2.26. The van der Waals surface area contributed by atoms with Gasteiger partial charge in [-0.1, -0.05) is 0 Å². The molecule has 2 aromatic rings. The van der Waals surface area contributed by atoms with Crippen LogP contribution in [0.3, 0.4) is 0 Å². The minimum Gasteiger partial charge on any atom is -0.497 e. The van der Waals surface area contributed by atoms with Gasteiger partial charge in [-0.15, -0.1) is 0 Å². The number of allylic oxidation sites excluding steroid dienone is 1. The number of nitrogens with zero attached hydrogens (tertiary/aromatic N) is 1. The van der Waals surface area contributed by atoms with Crippen molar-refractivity contribution in [2.24, 2.45) is 5.92 Å². The third-order valence-corrected chi connectivity index (χ3v) is 6.46. The lowest BCUT2D eigenvalue weighted by molar-refractivity contribution is -0.125. The lowest BCUT2D eigenvalue weighted by Crippen LogP contribution is -2.45. The lowest BCUT2D eigenvalue weighted by atomic mass is 9.84. The van der Waals surface area contributed by atoms with E-state index in [-0.39, 0.29) is 5.92 Å². The van der Waals surface area contributed by atoms with Crippen molar-refractivity contribution in [3.05, 3.63) is 63.3 Å². The normalized spacial score (nSPS) is 16.6. The van der Waals surface area contributed by atoms with E-state index in [0.717, 1.165) is 82.8 Å². The summed E-state index contributed by atoms with van der Waals surface area (Å²) in [6, 6.07) is 7.77. The molecule has 0 saturated carbocycles. The van der Waals surface area contributed by atoms with E-state index in [1.54, 1.807) is 14.2 Å². The Bertz CT molecular complexity index is 1000. The summed E-state index contributed by atoms with van der Waals surface area (Å²) in [5, 5.41) is 0. The molecule has 2 bridgehead atoms. The lowest BCUT2D eigenvalue weighted by Gasteiger charge is -2.41. The second-order valence-electron chi connectivity index (χ2n) is 8.62. The van der Waals surface area contributed by atoms with E-state index in [1.807, 2.05) is 38.1 Å². The summed E-state index contributed by atoms with van der Waals surface area (Å²) in [7, 11) is 3.30. The van der Waals surface area contributed by atoms with Crippen LogP contribution in [0.4, 0.5) is 0 Å². The monoisotopic (exact) mass is 435 g/mol. The number of hydrogen-bond acceptors (Lipinski definition) is 5. The van der Waals surface area contributed by atoms with E-state index < -0.39 is 0 Å². The van der Waals surface area contributed by atoms with Crippen molar-refractivity contribution >= 4 is 18.1 Å². The number of methoxy groups -OCH3 is 2. The predicted molar refractivity (Wildman–Crippen MR) is 128 cm³/mol. The fourth-order valence-electron chi connectivity index (χ4n) is 4.57. The van der Waals surface area contributed by atoms with Gasteiger partial charge in [-0.25, -0.2) is 0 Å². The summed E-state index contributed by atoms with van der Waals surface area (Å²) in [6.07, 6.45) is 5.01. The Morgan fingerprint density at radius 1 is 0.812 bits per heavy atom. The van der Waals surface area contributed by atoms with E-state index in [0.29, 0.717) is 5.78 Å². The number of carbonyl (C=O) groups excluding carboxylic acids is 2. The number of benzene rings is 2. The highest BCUT2D eigenvalue weighted by atomic mass is 16.5. The first-order chi connectivity index (χ1) is 15.3. The first kappa shape index (κ1) is 23.6. The van der Waals surface area contributed by atoms with Gasteiger partial charge in [0.2, 0.25) is 0 Å². The molecule has 5 nitrogen and oxygen atoms in total. The summed E-state index contributed by atoms with van der Waals surface area (Å²) in [5.41, 5.74) is 7.06. The molecule has 32 heavy (non-hydrogen) atoms. The van der Waals surface area contributed by atoms with Gasteiger partial charge < -0.3 is 14.4 Å². The molecule has 0 radical (unpaired) electrons. The molecular formula is C27H33NO4. The van der Waals surface area contributed by atoms with Gasteiger partial charge >= 0.3 is 0 Å². The van der Waals surface area contributed by atoms with Crippen molar-refractivity contribution in [3.63, 3.8) is 0 Å².